The third-order valence-electron chi connectivity index (χ3n) is 3.54. The Balaban J connectivity index is 2.16. The third-order valence-corrected chi connectivity index (χ3v) is 3.54. The van der Waals surface area contributed by atoms with Crippen molar-refractivity contribution >= 4 is 0 Å². The number of benzene rings is 2. The second-order valence-electron chi connectivity index (χ2n) is 4.99. The maximum atomic E-state index is 5.97. The highest BCUT2D eigenvalue weighted by atomic mass is 16.5. The van der Waals surface area contributed by atoms with Gasteiger partial charge in [-0.1, -0.05) is 24.3 Å². The molecule has 0 fully saturated rings. The van der Waals surface area contributed by atoms with E-state index in [1.54, 1.807) is 7.11 Å². The van der Waals surface area contributed by atoms with E-state index in [0.29, 0.717) is 13.2 Å². The zero-order chi connectivity index (χ0) is 15.1. The van der Waals surface area contributed by atoms with Crippen LogP contribution in [0.2, 0.25) is 0 Å². The van der Waals surface area contributed by atoms with E-state index in [-0.39, 0.29) is 5.92 Å². The van der Waals surface area contributed by atoms with Gasteiger partial charge in [-0.25, -0.2) is 0 Å². The maximum absolute atomic E-state index is 5.97. The van der Waals surface area contributed by atoms with Crippen molar-refractivity contribution < 1.29 is 9.47 Å². The average Bonchev–Trinajstić information content (AvgIpc) is 2.53. The van der Waals surface area contributed by atoms with Gasteiger partial charge in [-0.3, -0.25) is 0 Å². The van der Waals surface area contributed by atoms with E-state index >= 15 is 0 Å². The molecule has 0 radical (unpaired) electrons. The van der Waals surface area contributed by atoms with E-state index in [0.717, 1.165) is 17.9 Å². The molecule has 0 heterocycles. The van der Waals surface area contributed by atoms with Gasteiger partial charge in [0.05, 0.1) is 13.7 Å². The van der Waals surface area contributed by atoms with Crippen molar-refractivity contribution in [3.63, 3.8) is 0 Å². The number of hydrogen-bond donors (Lipinski definition) is 1. The second kappa shape index (κ2) is 7.70. The lowest BCUT2D eigenvalue weighted by Crippen LogP contribution is -2.15. The third kappa shape index (κ3) is 4.23. The zero-order valence-corrected chi connectivity index (χ0v) is 12.7. The van der Waals surface area contributed by atoms with Crippen molar-refractivity contribution in [2.45, 2.75) is 19.3 Å². The quantitative estimate of drug-likeness (QED) is 0.848. The van der Waals surface area contributed by atoms with Crippen LogP contribution in [-0.4, -0.2) is 20.3 Å². The molecule has 0 aliphatic heterocycles. The largest absolute Gasteiger partial charge is 0.497 e. The Labute approximate surface area is 126 Å². The van der Waals surface area contributed by atoms with Gasteiger partial charge in [-0.15, -0.1) is 0 Å². The predicted molar refractivity (Wildman–Crippen MR) is 86.1 cm³/mol. The molecular weight excluding hydrogens is 262 g/mol. The zero-order valence-electron chi connectivity index (χ0n) is 12.7. The van der Waals surface area contributed by atoms with Gasteiger partial charge >= 0.3 is 0 Å². The maximum Gasteiger partial charge on any atom is 0.119 e. The molecule has 0 amide bonds. The minimum atomic E-state index is 0.275. The second-order valence-corrected chi connectivity index (χ2v) is 4.99. The smallest absolute Gasteiger partial charge is 0.119 e. The molecule has 0 saturated heterocycles. The highest BCUT2D eigenvalue weighted by Crippen LogP contribution is 2.25. The first-order valence-corrected chi connectivity index (χ1v) is 7.32. The summed E-state index contributed by atoms with van der Waals surface area (Å²) in [4.78, 5) is 0. The number of ether oxygens (including phenoxy) is 2. The first-order valence-electron chi connectivity index (χ1n) is 7.32. The highest BCUT2D eigenvalue weighted by Gasteiger charge is 2.12. The Morgan fingerprint density at radius 3 is 2.52 bits per heavy atom. The van der Waals surface area contributed by atoms with Gasteiger partial charge in [-0.2, -0.15) is 0 Å². The molecule has 2 N–H and O–H groups in total. The van der Waals surface area contributed by atoms with Crippen molar-refractivity contribution in [1.82, 2.24) is 0 Å². The minimum Gasteiger partial charge on any atom is -0.497 e. The summed E-state index contributed by atoms with van der Waals surface area (Å²) < 4.78 is 10.8. The predicted octanol–water partition coefficient (Wildman–Crippen LogP) is 3.38. The summed E-state index contributed by atoms with van der Waals surface area (Å²) in [6, 6.07) is 16.3. The lowest BCUT2D eigenvalue weighted by Gasteiger charge is -2.17. The summed E-state index contributed by atoms with van der Waals surface area (Å²) in [7, 11) is 1.68. The SMILES string of the molecule is CCOc1cccc(CC(CN)c2cccc(OC)c2)c1. The molecule has 21 heavy (non-hydrogen) atoms. The van der Waals surface area contributed by atoms with Crippen LogP contribution >= 0.6 is 0 Å². The summed E-state index contributed by atoms with van der Waals surface area (Å²) in [5.74, 6) is 2.06. The lowest BCUT2D eigenvalue weighted by atomic mass is 9.92. The molecule has 2 aromatic rings. The Morgan fingerprint density at radius 1 is 1.05 bits per heavy atom. The van der Waals surface area contributed by atoms with Crippen LogP contribution in [0.15, 0.2) is 48.5 Å². The van der Waals surface area contributed by atoms with E-state index in [2.05, 4.69) is 24.3 Å². The molecule has 3 nitrogen and oxygen atoms in total. The van der Waals surface area contributed by atoms with E-state index in [1.165, 1.54) is 11.1 Å². The number of nitrogens with two attached hydrogens (primary N) is 1. The van der Waals surface area contributed by atoms with Crippen molar-refractivity contribution in [3.05, 3.63) is 59.7 Å². The summed E-state index contributed by atoms with van der Waals surface area (Å²) >= 11 is 0. The molecule has 112 valence electrons. The molecule has 2 aromatic carbocycles. The van der Waals surface area contributed by atoms with Gasteiger partial charge in [0.1, 0.15) is 11.5 Å². The highest BCUT2D eigenvalue weighted by molar-refractivity contribution is 5.34. The van der Waals surface area contributed by atoms with Gasteiger partial charge in [0, 0.05) is 5.92 Å². The molecule has 2 rings (SSSR count). The van der Waals surface area contributed by atoms with Crippen LogP contribution in [0.25, 0.3) is 0 Å². The number of hydrogen-bond acceptors (Lipinski definition) is 3. The standard InChI is InChI=1S/C18H23NO2/c1-3-21-18-9-4-6-14(11-18)10-16(13-19)15-7-5-8-17(12-15)20-2/h4-9,11-12,16H,3,10,13,19H2,1-2H3. The van der Waals surface area contributed by atoms with Crippen LogP contribution in [0, 0.1) is 0 Å². The first kappa shape index (κ1) is 15.4. The van der Waals surface area contributed by atoms with E-state index in [9.17, 15) is 0 Å². The molecule has 0 aromatic heterocycles. The fourth-order valence-corrected chi connectivity index (χ4v) is 2.45. The normalized spacial score (nSPS) is 12.0. The average molecular weight is 285 g/mol. The Kier molecular flexibility index (Phi) is 5.64. The lowest BCUT2D eigenvalue weighted by molar-refractivity contribution is 0.340. The Bertz CT molecular complexity index is 569. The molecule has 1 unspecified atom stereocenters. The molecule has 0 bridgehead atoms. The van der Waals surface area contributed by atoms with E-state index in [4.69, 9.17) is 15.2 Å². The molecule has 1 atom stereocenters. The van der Waals surface area contributed by atoms with Gasteiger partial charge in [0.15, 0.2) is 0 Å². The van der Waals surface area contributed by atoms with Crippen molar-refractivity contribution in [2.75, 3.05) is 20.3 Å². The Morgan fingerprint density at radius 2 is 1.81 bits per heavy atom. The molecule has 0 aliphatic rings. The monoisotopic (exact) mass is 285 g/mol. The van der Waals surface area contributed by atoms with Crippen LogP contribution in [0.4, 0.5) is 0 Å². The summed E-state index contributed by atoms with van der Waals surface area (Å²) in [5, 5.41) is 0. The van der Waals surface area contributed by atoms with Crippen LogP contribution in [0.5, 0.6) is 11.5 Å². The molecule has 3 heteroatoms. The van der Waals surface area contributed by atoms with Crippen LogP contribution in [-0.2, 0) is 6.42 Å². The summed E-state index contributed by atoms with van der Waals surface area (Å²) in [6.07, 6.45) is 0.893. The van der Waals surface area contributed by atoms with Crippen LogP contribution in [0.3, 0.4) is 0 Å². The van der Waals surface area contributed by atoms with Gasteiger partial charge in [-0.05, 0) is 55.3 Å². The number of methoxy groups -OCH3 is 1. The summed E-state index contributed by atoms with van der Waals surface area (Å²) in [5.41, 5.74) is 8.41. The van der Waals surface area contributed by atoms with Gasteiger partial charge in [0.2, 0.25) is 0 Å². The van der Waals surface area contributed by atoms with Crippen molar-refractivity contribution in [1.29, 1.82) is 0 Å². The topological polar surface area (TPSA) is 44.5 Å². The molecule has 0 aliphatic carbocycles. The number of rotatable bonds is 7. The van der Waals surface area contributed by atoms with Crippen LogP contribution < -0.4 is 15.2 Å². The molecule has 0 saturated carbocycles. The van der Waals surface area contributed by atoms with Gasteiger partial charge in [0.25, 0.3) is 0 Å². The summed E-state index contributed by atoms with van der Waals surface area (Å²) in [6.45, 7) is 3.28. The van der Waals surface area contributed by atoms with E-state index in [1.807, 2.05) is 31.2 Å². The molecule has 0 spiro atoms. The fraction of sp³-hybridized carbons (Fsp3) is 0.333. The van der Waals surface area contributed by atoms with Crippen molar-refractivity contribution in [3.8, 4) is 11.5 Å². The van der Waals surface area contributed by atoms with E-state index < -0.39 is 0 Å². The van der Waals surface area contributed by atoms with Crippen LogP contribution in [0.1, 0.15) is 24.0 Å². The van der Waals surface area contributed by atoms with Gasteiger partial charge < -0.3 is 15.2 Å². The fourth-order valence-electron chi connectivity index (χ4n) is 2.45. The minimum absolute atomic E-state index is 0.275. The molecular formula is C18H23NO2. The van der Waals surface area contributed by atoms with Crippen molar-refractivity contribution in [2.24, 2.45) is 5.73 Å². The Hall–Kier alpha value is -2.00. The first-order chi connectivity index (χ1) is 10.3.